The molecule has 2 atom stereocenters. The van der Waals surface area contributed by atoms with Gasteiger partial charge in [-0.1, -0.05) is 35.8 Å². The Morgan fingerprint density at radius 2 is 1.97 bits per heavy atom. The quantitative estimate of drug-likeness (QED) is 0.541. The summed E-state index contributed by atoms with van der Waals surface area (Å²) in [6.45, 7) is 3.23. The smallest absolute Gasteiger partial charge is 0.322 e. The van der Waals surface area contributed by atoms with E-state index in [1.807, 2.05) is 13.8 Å². The maximum absolute atomic E-state index is 13.8. The molecule has 0 fully saturated rings. The lowest BCUT2D eigenvalue weighted by molar-refractivity contribution is -0.147. The number of carboxylic acids is 1. The maximum atomic E-state index is 13.8. The summed E-state index contributed by atoms with van der Waals surface area (Å²) in [6.07, 6.45) is -0.907. The van der Waals surface area contributed by atoms with Crippen LogP contribution in [0, 0.1) is 5.92 Å². The lowest BCUT2D eigenvalue weighted by Gasteiger charge is -2.31. The molecule has 0 saturated heterocycles. The molecule has 35 heavy (non-hydrogen) atoms. The maximum Gasteiger partial charge on any atom is 0.322 e. The van der Waals surface area contributed by atoms with Crippen molar-refractivity contribution in [3.63, 3.8) is 0 Å². The van der Waals surface area contributed by atoms with Gasteiger partial charge in [-0.25, -0.2) is 0 Å². The van der Waals surface area contributed by atoms with Crippen molar-refractivity contribution in [2.75, 3.05) is 20.4 Å². The standard InChI is InChI=1S/C24H25BrN2O8/c1-12(2)21-24(31)27(10-13-4-5-16-17(6-13)34-11-33-16)20(23(30)26-9-19(28)29)15-7-14(25)8-18(32-3)22(15)35-21/h4-8,12,20-21H,9-11H2,1-3H3,(H,26,30)(H,28,29). The molecule has 0 aliphatic carbocycles. The third-order valence-electron chi connectivity index (χ3n) is 5.70. The van der Waals surface area contributed by atoms with E-state index < -0.39 is 36.5 Å². The third-order valence-corrected chi connectivity index (χ3v) is 6.16. The predicted molar refractivity (Wildman–Crippen MR) is 126 cm³/mol. The van der Waals surface area contributed by atoms with E-state index in [2.05, 4.69) is 21.2 Å². The summed E-state index contributed by atoms with van der Waals surface area (Å²) in [6, 6.07) is 7.44. The predicted octanol–water partition coefficient (Wildman–Crippen LogP) is 2.87. The second-order valence-electron chi connectivity index (χ2n) is 8.48. The minimum Gasteiger partial charge on any atom is -0.493 e. The first-order valence-corrected chi connectivity index (χ1v) is 11.7. The van der Waals surface area contributed by atoms with Gasteiger partial charge in [0.2, 0.25) is 12.7 Å². The molecule has 0 radical (unpaired) electrons. The second kappa shape index (κ2) is 10.0. The summed E-state index contributed by atoms with van der Waals surface area (Å²) in [7, 11) is 1.46. The van der Waals surface area contributed by atoms with Crippen molar-refractivity contribution in [1.82, 2.24) is 10.2 Å². The summed E-state index contributed by atoms with van der Waals surface area (Å²) < 4.78 is 23.1. The summed E-state index contributed by atoms with van der Waals surface area (Å²) in [5, 5.41) is 11.5. The Hall–Kier alpha value is -3.47. The Balaban J connectivity index is 1.85. The number of carbonyl (C=O) groups excluding carboxylic acids is 2. The highest BCUT2D eigenvalue weighted by Gasteiger charge is 2.43. The Morgan fingerprint density at radius 3 is 2.66 bits per heavy atom. The van der Waals surface area contributed by atoms with Crippen LogP contribution in [0.5, 0.6) is 23.0 Å². The number of hydrogen-bond donors (Lipinski definition) is 2. The number of aliphatic carboxylic acids is 1. The Kier molecular flexibility index (Phi) is 7.06. The Labute approximate surface area is 210 Å². The van der Waals surface area contributed by atoms with Crippen molar-refractivity contribution >= 4 is 33.7 Å². The molecule has 186 valence electrons. The molecule has 2 amide bonds. The highest BCUT2D eigenvalue weighted by molar-refractivity contribution is 9.10. The van der Waals surface area contributed by atoms with Gasteiger partial charge in [-0.15, -0.1) is 0 Å². The van der Waals surface area contributed by atoms with Gasteiger partial charge in [0.05, 0.1) is 7.11 Å². The molecule has 2 unspecified atom stereocenters. The number of nitrogens with zero attached hydrogens (tertiary/aromatic N) is 1. The van der Waals surface area contributed by atoms with E-state index in [-0.39, 0.29) is 25.0 Å². The van der Waals surface area contributed by atoms with E-state index in [0.29, 0.717) is 32.8 Å². The lowest BCUT2D eigenvalue weighted by atomic mass is 10.0. The highest BCUT2D eigenvalue weighted by atomic mass is 79.9. The van der Waals surface area contributed by atoms with E-state index in [1.54, 1.807) is 30.3 Å². The Morgan fingerprint density at radius 1 is 1.23 bits per heavy atom. The van der Waals surface area contributed by atoms with Crippen LogP contribution in [0.1, 0.15) is 31.0 Å². The zero-order chi connectivity index (χ0) is 25.3. The van der Waals surface area contributed by atoms with Crippen LogP contribution in [0.15, 0.2) is 34.8 Å². The molecule has 2 aliphatic heterocycles. The Bertz CT molecular complexity index is 1170. The van der Waals surface area contributed by atoms with E-state index >= 15 is 0 Å². The fraction of sp³-hybridized carbons (Fsp3) is 0.375. The molecule has 4 rings (SSSR count). The monoisotopic (exact) mass is 548 g/mol. The van der Waals surface area contributed by atoms with Crippen LogP contribution in [0.25, 0.3) is 0 Å². The zero-order valence-corrected chi connectivity index (χ0v) is 21.0. The molecule has 2 N–H and O–H groups in total. The summed E-state index contributed by atoms with van der Waals surface area (Å²) in [5.74, 6) is -0.779. The van der Waals surface area contributed by atoms with Gasteiger partial charge in [0, 0.05) is 16.6 Å². The van der Waals surface area contributed by atoms with Crippen LogP contribution in [-0.4, -0.2) is 54.3 Å². The molecular formula is C24H25BrN2O8. The van der Waals surface area contributed by atoms with Crippen molar-refractivity contribution < 1.29 is 38.4 Å². The van der Waals surface area contributed by atoms with Gasteiger partial charge in [0.25, 0.3) is 5.91 Å². The van der Waals surface area contributed by atoms with Crippen LogP contribution in [0.4, 0.5) is 0 Å². The van der Waals surface area contributed by atoms with Crippen molar-refractivity contribution in [2.45, 2.75) is 32.5 Å². The SMILES string of the molecule is COc1cc(Br)cc2c1OC(C(C)C)C(=O)N(Cc1ccc3c(c1)OCO3)C2C(=O)NCC(=O)O. The van der Waals surface area contributed by atoms with Gasteiger partial charge < -0.3 is 34.3 Å². The first-order valence-electron chi connectivity index (χ1n) is 10.9. The molecular weight excluding hydrogens is 524 g/mol. The number of rotatable bonds is 7. The average molecular weight is 549 g/mol. The summed E-state index contributed by atoms with van der Waals surface area (Å²) in [5.41, 5.74) is 1.07. The third kappa shape index (κ3) is 5.00. The largest absolute Gasteiger partial charge is 0.493 e. The number of benzene rings is 2. The molecule has 2 aromatic carbocycles. The molecule has 10 nitrogen and oxygen atoms in total. The fourth-order valence-corrected chi connectivity index (χ4v) is 4.53. The number of halogens is 1. The molecule has 2 aliphatic rings. The number of carboxylic acid groups (broad SMARTS) is 1. The van der Waals surface area contributed by atoms with E-state index in [4.69, 9.17) is 24.1 Å². The normalized spacial score (nSPS) is 18.5. The number of methoxy groups -OCH3 is 1. The van der Waals surface area contributed by atoms with Crippen molar-refractivity contribution in [3.05, 3.63) is 45.9 Å². The van der Waals surface area contributed by atoms with Gasteiger partial charge in [-0.2, -0.15) is 0 Å². The van der Waals surface area contributed by atoms with Gasteiger partial charge >= 0.3 is 5.97 Å². The zero-order valence-electron chi connectivity index (χ0n) is 19.4. The van der Waals surface area contributed by atoms with E-state index in [0.717, 1.165) is 0 Å². The average Bonchev–Trinajstić information content (AvgIpc) is 3.24. The van der Waals surface area contributed by atoms with E-state index in [1.165, 1.54) is 12.0 Å². The van der Waals surface area contributed by atoms with Crippen molar-refractivity contribution in [2.24, 2.45) is 5.92 Å². The second-order valence-corrected chi connectivity index (χ2v) is 9.39. The molecule has 11 heteroatoms. The summed E-state index contributed by atoms with van der Waals surface area (Å²) in [4.78, 5) is 39.8. The molecule has 2 heterocycles. The number of fused-ring (bicyclic) bond motifs is 2. The number of carbonyl (C=O) groups is 3. The number of hydrogen-bond acceptors (Lipinski definition) is 7. The summed E-state index contributed by atoms with van der Waals surface area (Å²) >= 11 is 3.43. The van der Waals surface area contributed by atoms with Crippen molar-refractivity contribution in [3.8, 4) is 23.0 Å². The van der Waals surface area contributed by atoms with Crippen LogP contribution in [0.3, 0.4) is 0 Å². The van der Waals surface area contributed by atoms with Gasteiger partial charge in [-0.3, -0.25) is 14.4 Å². The van der Waals surface area contributed by atoms with Gasteiger partial charge in [0.1, 0.15) is 12.6 Å². The minimum atomic E-state index is -1.20. The van der Waals surface area contributed by atoms with Gasteiger partial charge in [-0.05, 0) is 35.7 Å². The highest BCUT2D eigenvalue weighted by Crippen LogP contribution is 2.44. The van der Waals surface area contributed by atoms with Crippen LogP contribution in [-0.2, 0) is 20.9 Å². The first-order chi connectivity index (χ1) is 16.7. The number of ether oxygens (including phenoxy) is 4. The lowest BCUT2D eigenvalue weighted by Crippen LogP contribution is -2.48. The van der Waals surface area contributed by atoms with Crippen LogP contribution in [0.2, 0.25) is 0 Å². The minimum absolute atomic E-state index is 0.0431. The number of nitrogens with one attached hydrogen (secondary N) is 1. The van der Waals surface area contributed by atoms with Crippen molar-refractivity contribution in [1.29, 1.82) is 0 Å². The van der Waals surface area contributed by atoms with E-state index in [9.17, 15) is 14.4 Å². The molecule has 0 aromatic heterocycles. The first kappa shape index (κ1) is 24.6. The van der Waals surface area contributed by atoms with Crippen LogP contribution >= 0.6 is 15.9 Å². The molecule has 2 aromatic rings. The molecule has 0 spiro atoms. The van der Waals surface area contributed by atoms with Gasteiger partial charge in [0.15, 0.2) is 29.1 Å². The number of amides is 2. The van der Waals surface area contributed by atoms with Crippen LogP contribution < -0.4 is 24.3 Å². The topological polar surface area (TPSA) is 124 Å². The molecule has 0 saturated carbocycles. The molecule has 0 bridgehead atoms. The fourth-order valence-electron chi connectivity index (χ4n) is 4.07.